The molecule has 10 heteroatoms. The van der Waals surface area contributed by atoms with E-state index in [1.165, 1.54) is 0 Å². The maximum atomic E-state index is 12.7. The normalized spacial score (nSPS) is 12.9. The molecule has 3 aromatic carbocycles. The van der Waals surface area contributed by atoms with Gasteiger partial charge in [0.1, 0.15) is 29.5 Å². The molecule has 0 unspecified atom stereocenters. The van der Waals surface area contributed by atoms with Crippen molar-refractivity contribution in [3.8, 4) is 17.2 Å². The van der Waals surface area contributed by atoms with Gasteiger partial charge in [-0.1, -0.05) is 18.2 Å². The predicted molar refractivity (Wildman–Crippen MR) is 164 cm³/mol. The minimum atomic E-state index is -0.813. The molecule has 0 bridgehead atoms. The fourth-order valence-electron chi connectivity index (χ4n) is 4.53. The summed E-state index contributed by atoms with van der Waals surface area (Å²) < 4.78 is 18.0. The number of ether oxygens (including phenoxy) is 3. The first-order valence-corrected chi connectivity index (χ1v) is 14.4. The molecule has 0 saturated heterocycles. The largest absolute Gasteiger partial charge is 0.490 e. The van der Waals surface area contributed by atoms with Gasteiger partial charge in [-0.25, -0.2) is 4.79 Å². The molecule has 0 aliphatic carbocycles. The highest BCUT2D eigenvalue weighted by atomic mass is 79.9. The van der Waals surface area contributed by atoms with Gasteiger partial charge in [-0.15, -0.1) is 0 Å². The summed E-state index contributed by atoms with van der Waals surface area (Å²) >= 11 is 3.48. The third kappa shape index (κ3) is 8.25. The summed E-state index contributed by atoms with van der Waals surface area (Å²) in [5.74, 6) is 0.467. The number of anilines is 1. The Bertz CT molecular complexity index is 1490. The first-order valence-electron chi connectivity index (χ1n) is 13.7. The van der Waals surface area contributed by atoms with Crippen LogP contribution in [0.1, 0.15) is 48.6 Å². The van der Waals surface area contributed by atoms with Gasteiger partial charge >= 0.3 is 17.9 Å². The molecule has 0 fully saturated rings. The third-order valence-corrected chi connectivity index (χ3v) is 6.91. The fraction of sp³-hybridized carbons (Fsp3) is 0.344. The molecular formula is C32H36BrN3O6. The van der Waals surface area contributed by atoms with Crippen molar-refractivity contribution in [2.24, 2.45) is 0 Å². The number of amides is 3. The lowest BCUT2D eigenvalue weighted by Crippen LogP contribution is -2.37. The van der Waals surface area contributed by atoms with E-state index in [2.05, 4.69) is 32.6 Å². The molecule has 3 amide bonds. The zero-order valence-corrected chi connectivity index (χ0v) is 26.3. The number of carbonyl (C=O) groups is 3. The Morgan fingerprint density at radius 3 is 2.36 bits per heavy atom. The highest BCUT2D eigenvalue weighted by Crippen LogP contribution is 2.35. The van der Waals surface area contributed by atoms with Crippen LogP contribution in [0.4, 0.5) is 10.5 Å². The van der Waals surface area contributed by atoms with Crippen molar-refractivity contribution in [2.75, 3.05) is 18.5 Å². The van der Waals surface area contributed by atoms with Crippen LogP contribution in [0.3, 0.4) is 0 Å². The Hall–Kier alpha value is -4.05. The topological polar surface area (TPSA) is 106 Å². The first kappa shape index (κ1) is 30.9. The minimum Gasteiger partial charge on any atom is -0.490 e. The number of carbonyl (C=O) groups excluding carboxylic acids is 3. The van der Waals surface area contributed by atoms with Gasteiger partial charge in [0.05, 0.1) is 17.6 Å². The van der Waals surface area contributed by atoms with Crippen LogP contribution in [0.25, 0.3) is 0 Å². The van der Waals surface area contributed by atoms with Crippen molar-refractivity contribution in [1.82, 2.24) is 10.2 Å². The van der Waals surface area contributed by atoms with Crippen molar-refractivity contribution in [3.05, 3.63) is 80.8 Å². The Morgan fingerprint density at radius 1 is 0.976 bits per heavy atom. The van der Waals surface area contributed by atoms with Gasteiger partial charge < -0.3 is 29.7 Å². The average molecular weight is 639 g/mol. The van der Waals surface area contributed by atoms with Crippen molar-refractivity contribution >= 4 is 39.5 Å². The molecule has 0 atom stereocenters. The first-order chi connectivity index (χ1) is 19.8. The van der Waals surface area contributed by atoms with Crippen LogP contribution in [0.5, 0.6) is 17.2 Å². The van der Waals surface area contributed by atoms with E-state index in [4.69, 9.17) is 14.2 Å². The third-order valence-electron chi connectivity index (χ3n) is 6.32. The van der Waals surface area contributed by atoms with E-state index in [0.29, 0.717) is 28.0 Å². The van der Waals surface area contributed by atoms with Gasteiger partial charge in [0.2, 0.25) is 0 Å². The van der Waals surface area contributed by atoms with Gasteiger partial charge in [-0.3, -0.25) is 9.59 Å². The second-order valence-electron chi connectivity index (χ2n) is 11.4. The molecule has 2 N–H and O–H groups in total. The van der Waals surface area contributed by atoms with Crippen LogP contribution in [-0.2, 0) is 27.4 Å². The zero-order valence-electron chi connectivity index (χ0n) is 24.7. The summed E-state index contributed by atoms with van der Waals surface area (Å²) in [6.07, 6.45) is -0.455. The van der Waals surface area contributed by atoms with E-state index >= 15 is 0 Å². The number of halogens is 1. The molecular weight excluding hydrogens is 602 g/mol. The molecule has 0 spiro atoms. The van der Waals surface area contributed by atoms with E-state index in [-0.39, 0.29) is 19.7 Å². The van der Waals surface area contributed by atoms with Crippen molar-refractivity contribution in [3.63, 3.8) is 0 Å². The second-order valence-corrected chi connectivity index (χ2v) is 12.2. The number of fused-ring (bicyclic) bond motifs is 1. The summed E-state index contributed by atoms with van der Waals surface area (Å²) in [7, 11) is 0. The molecule has 222 valence electrons. The van der Waals surface area contributed by atoms with E-state index in [0.717, 1.165) is 33.8 Å². The van der Waals surface area contributed by atoms with E-state index < -0.39 is 23.5 Å². The lowest BCUT2D eigenvalue weighted by molar-refractivity contribution is -0.136. The molecule has 1 heterocycles. The Labute approximate surface area is 254 Å². The Balaban J connectivity index is 1.37. The standard InChI is InChI=1S/C32H36BrN3O6/c1-19-11-20(2)13-25(12-19)41-27-8-7-22(14-21(27)3)17-34-29(37)30(38)35-24-15-23-18-36(31(39)42-32(4,5)6)9-10-40-28(23)26(33)16-24/h7-8,11-16H,9-10,17-18H2,1-6H3,(H,34,37)(H,35,38). The summed E-state index contributed by atoms with van der Waals surface area (Å²) in [5.41, 5.74) is 4.40. The van der Waals surface area contributed by atoms with Crippen molar-refractivity contribution < 1.29 is 28.6 Å². The van der Waals surface area contributed by atoms with Gasteiger partial charge in [0.15, 0.2) is 0 Å². The van der Waals surface area contributed by atoms with Crippen LogP contribution in [0, 0.1) is 20.8 Å². The molecule has 42 heavy (non-hydrogen) atoms. The summed E-state index contributed by atoms with van der Waals surface area (Å²) in [4.78, 5) is 39.5. The predicted octanol–water partition coefficient (Wildman–Crippen LogP) is 6.55. The molecule has 4 rings (SSSR count). The molecule has 0 radical (unpaired) electrons. The summed E-state index contributed by atoms with van der Waals surface area (Å²) in [6, 6.07) is 15.0. The zero-order chi connectivity index (χ0) is 30.6. The van der Waals surface area contributed by atoms with E-state index in [1.54, 1.807) is 37.8 Å². The molecule has 0 aromatic heterocycles. The van der Waals surface area contributed by atoms with Crippen LogP contribution in [0.2, 0.25) is 0 Å². The van der Waals surface area contributed by atoms with Gasteiger partial charge in [0.25, 0.3) is 0 Å². The van der Waals surface area contributed by atoms with Gasteiger partial charge in [-0.05, 0) is 110 Å². The summed E-state index contributed by atoms with van der Waals surface area (Å²) in [6.45, 7) is 12.4. The number of hydrogen-bond acceptors (Lipinski definition) is 6. The van der Waals surface area contributed by atoms with E-state index in [9.17, 15) is 14.4 Å². The van der Waals surface area contributed by atoms with Crippen LogP contribution in [0.15, 0.2) is 53.0 Å². The minimum absolute atomic E-state index is 0.170. The highest BCUT2D eigenvalue weighted by Gasteiger charge is 2.27. The monoisotopic (exact) mass is 637 g/mol. The summed E-state index contributed by atoms with van der Waals surface area (Å²) in [5, 5.41) is 5.30. The highest BCUT2D eigenvalue weighted by molar-refractivity contribution is 9.10. The quantitative estimate of drug-likeness (QED) is 0.307. The lowest BCUT2D eigenvalue weighted by atomic mass is 10.1. The SMILES string of the molecule is Cc1cc(C)cc(Oc2ccc(CNC(=O)C(=O)Nc3cc(Br)c4c(c3)CN(C(=O)OC(C)(C)C)CCO4)cc2C)c1. The smallest absolute Gasteiger partial charge is 0.410 e. The number of hydrogen-bond donors (Lipinski definition) is 2. The fourth-order valence-corrected chi connectivity index (χ4v) is 5.15. The number of benzene rings is 3. The number of nitrogens with zero attached hydrogens (tertiary/aromatic N) is 1. The molecule has 1 aliphatic heterocycles. The average Bonchev–Trinajstić information content (AvgIpc) is 3.10. The molecule has 1 aliphatic rings. The van der Waals surface area contributed by atoms with Crippen LogP contribution >= 0.6 is 15.9 Å². The number of rotatable bonds is 5. The molecule has 9 nitrogen and oxygen atoms in total. The lowest BCUT2D eigenvalue weighted by Gasteiger charge is -2.26. The second kappa shape index (κ2) is 12.9. The Morgan fingerprint density at radius 2 is 1.69 bits per heavy atom. The van der Waals surface area contributed by atoms with Crippen LogP contribution in [-0.4, -0.2) is 41.6 Å². The number of aryl methyl sites for hydroxylation is 3. The van der Waals surface area contributed by atoms with Crippen molar-refractivity contribution in [1.29, 1.82) is 0 Å². The maximum Gasteiger partial charge on any atom is 0.410 e. The van der Waals surface area contributed by atoms with Crippen LogP contribution < -0.4 is 20.1 Å². The van der Waals surface area contributed by atoms with Crippen molar-refractivity contribution in [2.45, 2.75) is 60.2 Å². The Kier molecular flexibility index (Phi) is 9.46. The van der Waals surface area contributed by atoms with Gasteiger partial charge in [-0.2, -0.15) is 0 Å². The van der Waals surface area contributed by atoms with Gasteiger partial charge in [0, 0.05) is 17.8 Å². The number of nitrogens with one attached hydrogen (secondary N) is 2. The maximum absolute atomic E-state index is 12.7. The molecule has 0 saturated carbocycles. The van der Waals surface area contributed by atoms with E-state index in [1.807, 2.05) is 51.1 Å². The molecule has 3 aromatic rings.